The maximum atomic E-state index is 5.14. The minimum absolute atomic E-state index is 0.205. The molecule has 10 heterocycles. The van der Waals surface area contributed by atoms with Gasteiger partial charge in [0, 0.05) is 95.6 Å². The largest absolute Gasteiger partial charge is 0.370 e. The minimum Gasteiger partial charge on any atom is -0.370 e. The SMILES string of the molecule is C=C(Nc1cncc(-c2ccc3[nH]nc(-c4cc5c(N6CCCC(c7cc(-c8cncc(CNCC)c8)cc8c(-c9cc%10c(N%11CCCCC%11)cncc%10[nH]9)[nH]nc78)C6)cncc5[nH]4)c3c2)c1)C(C)C. The van der Waals surface area contributed by atoms with Gasteiger partial charge in [-0.15, -0.1) is 0 Å². The summed E-state index contributed by atoms with van der Waals surface area (Å²) in [5.74, 6) is 0.515. The Bertz CT molecular complexity index is 3550. The standard InChI is InChI=1S/C56H58N14/c1-5-57-23-35-16-39(25-58-24-35)38-19-42(54-46(20-38)56(68-66-54)49-21-43-50(64-49)28-60-30-52(43)69-13-7-6-8-14-69)37-10-9-15-70(32-37)53-31-61-29-51-44(53)22-48(63-51)55-45-18-36(11-12-47(45)65-67-55)40-17-41(27-59-26-40)62-34(4)33(2)3/h11-12,16-22,24-31,33,37,57,62-64H,4-10,13-15,23,32H2,1-3H3,(H,65,67)(H,66,68). The Kier molecular flexibility index (Phi) is 11.3. The van der Waals surface area contributed by atoms with Crippen molar-refractivity contribution in [3.05, 3.63) is 128 Å². The lowest BCUT2D eigenvalue weighted by atomic mass is 9.86. The molecule has 2 aliphatic heterocycles. The van der Waals surface area contributed by atoms with Gasteiger partial charge in [-0.1, -0.05) is 33.4 Å². The Labute approximate surface area is 406 Å². The molecule has 1 unspecified atom stereocenters. The zero-order valence-corrected chi connectivity index (χ0v) is 40.0. The summed E-state index contributed by atoms with van der Waals surface area (Å²) < 4.78 is 0. The molecule has 8 aromatic heterocycles. The molecule has 1 atom stereocenters. The lowest BCUT2D eigenvalue weighted by Gasteiger charge is -2.35. The number of nitrogens with zero attached hydrogens (tertiary/aromatic N) is 8. The van der Waals surface area contributed by atoms with Gasteiger partial charge in [0.1, 0.15) is 5.69 Å². The number of piperidine rings is 2. The Morgan fingerprint density at radius 3 is 2.17 bits per heavy atom. The molecule has 2 saturated heterocycles. The number of fused-ring (bicyclic) bond motifs is 4. The highest BCUT2D eigenvalue weighted by Crippen LogP contribution is 2.42. The van der Waals surface area contributed by atoms with E-state index in [1.54, 1.807) is 0 Å². The number of aromatic amines is 4. The van der Waals surface area contributed by atoms with E-state index >= 15 is 0 Å². The van der Waals surface area contributed by atoms with Crippen LogP contribution in [-0.2, 0) is 6.54 Å². The fourth-order valence-electron chi connectivity index (χ4n) is 10.7. The van der Waals surface area contributed by atoms with Crippen LogP contribution in [0.15, 0.2) is 116 Å². The van der Waals surface area contributed by atoms with Gasteiger partial charge in [0.25, 0.3) is 0 Å². The summed E-state index contributed by atoms with van der Waals surface area (Å²) in [6.45, 7) is 16.1. The average molecular weight is 927 g/mol. The van der Waals surface area contributed by atoms with Crippen molar-refractivity contribution >= 4 is 60.7 Å². The van der Waals surface area contributed by atoms with Gasteiger partial charge in [-0.25, -0.2) is 0 Å². The Balaban J connectivity index is 0.894. The van der Waals surface area contributed by atoms with E-state index in [4.69, 9.17) is 20.2 Å². The highest BCUT2D eigenvalue weighted by atomic mass is 15.2. The molecular weight excluding hydrogens is 869 g/mol. The van der Waals surface area contributed by atoms with Crippen molar-refractivity contribution in [3.63, 3.8) is 0 Å². The number of anilines is 3. The summed E-state index contributed by atoms with van der Waals surface area (Å²) in [5, 5.41) is 28.1. The number of aromatic nitrogens is 10. The highest BCUT2D eigenvalue weighted by molar-refractivity contribution is 6.03. The summed E-state index contributed by atoms with van der Waals surface area (Å²) in [6, 6.07) is 20.0. The van der Waals surface area contributed by atoms with E-state index in [9.17, 15) is 0 Å². The van der Waals surface area contributed by atoms with Crippen LogP contribution in [0, 0.1) is 5.92 Å². The van der Waals surface area contributed by atoms with E-state index in [0.29, 0.717) is 5.92 Å². The lowest BCUT2D eigenvalue weighted by Crippen LogP contribution is -2.34. The molecule has 10 aromatic rings. The van der Waals surface area contributed by atoms with Gasteiger partial charge in [0.05, 0.1) is 87.2 Å². The van der Waals surface area contributed by atoms with Crippen molar-refractivity contribution in [3.8, 4) is 45.0 Å². The van der Waals surface area contributed by atoms with Crippen molar-refractivity contribution < 1.29 is 0 Å². The van der Waals surface area contributed by atoms with Gasteiger partial charge in [0.2, 0.25) is 0 Å². The molecule has 14 nitrogen and oxygen atoms in total. The Morgan fingerprint density at radius 1 is 0.657 bits per heavy atom. The number of allylic oxidation sites excluding steroid dienone is 1. The molecule has 0 aliphatic carbocycles. The molecule has 14 heteroatoms. The van der Waals surface area contributed by atoms with E-state index in [2.05, 4.69) is 133 Å². The van der Waals surface area contributed by atoms with E-state index in [-0.39, 0.29) is 5.92 Å². The minimum atomic E-state index is 0.205. The van der Waals surface area contributed by atoms with E-state index in [0.717, 1.165) is 158 Å². The monoisotopic (exact) mass is 926 g/mol. The maximum Gasteiger partial charge on any atom is 0.116 e. The predicted octanol–water partition coefficient (Wildman–Crippen LogP) is 11.7. The predicted molar refractivity (Wildman–Crippen MR) is 284 cm³/mol. The molecule has 0 amide bonds. The Hall–Kier alpha value is -7.84. The van der Waals surface area contributed by atoms with Crippen LogP contribution in [0.25, 0.3) is 88.6 Å². The van der Waals surface area contributed by atoms with Crippen LogP contribution in [0.2, 0.25) is 0 Å². The number of hydrogen-bond donors (Lipinski definition) is 6. The first-order chi connectivity index (χ1) is 34.3. The summed E-state index contributed by atoms with van der Waals surface area (Å²) in [6.07, 6.45) is 21.4. The maximum absolute atomic E-state index is 5.14. The van der Waals surface area contributed by atoms with E-state index in [1.807, 2.05) is 49.6 Å². The van der Waals surface area contributed by atoms with Crippen LogP contribution in [0.4, 0.5) is 17.1 Å². The molecule has 0 radical (unpaired) electrons. The fraction of sp³-hybridized carbons (Fsp3) is 0.286. The highest BCUT2D eigenvalue weighted by Gasteiger charge is 2.28. The third kappa shape index (κ3) is 8.11. The first-order valence-electron chi connectivity index (χ1n) is 24.9. The van der Waals surface area contributed by atoms with Crippen molar-refractivity contribution in [1.29, 1.82) is 0 Å². The second kappa shape index (κ2) is 18.2. The first kappa shape index (κ1) is 43.4. The zero-order chi connectivity index (χ0) is 47.3. The number of H-pyrrole nitrogens is 4. The number of pyridine rings is 4. The van der Waals surface area contributed by atoms with Gasteiger partial charge >= 0.3 is 0 Å². The van der Waals surface area contributed by atoms with Gasteiger partial charge < -0.3 is 30.4 Å². The fourth-order valence-corrected chi connectivity index (χ4v) is 10.7. The van der Waals surface area contributed by atoms with Gasteiger partial charge in [-0.2, -0.15) is 10.2 Å². The molecule has 2 aromatic carbocycles. The molecule has 70 heavy (non-hydrogen) atoms. The van der Waals surface area contributed by atoms with Crippen LogP contribution in [0.3, 0.4) is 0 Å². The summed E-state index contributed by atoms with van der Waals surface area (Å²) in [7, 11) is 0. The molecule has 6 N–H and O–H groups in total. The molecule has 352 valence electrons. The van der Waals surface area contributed by atoms with E-state index < -0.39 is 0 Å². The molecule has 0 bridgehead atoms. The normalized spacial score (nSPS) is 15.6. The smallest absolute Gasteiger partial charge is 0.116 e. The lowest BCUT2D eigenvalue weighted by molar-refractivity contribution is 0.512. The van der Waals surface area contributed by atoms with Crippen LogP contribution >= 0.6 is 0 Å². The second-order valence-corrected chi connectivity index (χ2v) is 19.5. The summed E-state index contributed by atoms with van der Waals surface area (Å²) >= 11 is 0. The van der Waals surface area contributed by atoms with Crippen LogP contribution in [0.1, 0.15) is 69.9 Å². The van der Waals surface area contributed by atoms with Gasteiger partial charge in [0.15, 0.2) is 0 Å². The number of benzene rings is 2. The number of rotatable bonds is 13. The second-order valence-electron chi connectivity index (χ2n) is 19.5. The first-order valence-corrected chi connectivity index (χ1v) is 24.9. The van der Waals surface area contributed by atoms with Gasteiger partial charge in [-0.3, -0.25) is 30.1 Å². The number of nitrogens with one attached hydrogen (secondary N) is 6. The van der Waals surface area contributed by atoms with Crippen molar-refractivity contribution in [2.24, 2.45) is 5.92 Å². The van der Waals surface area contributed by atoms with Crippen molar-refractivity contribution in [1.82, 2.24) is 55.6 Å². The van der Waals surface area contributed by atoms with Crippen molar-refractivity contribution in [2.75, 3.05) is 47.8 Å². The molecule has 2 aliphatic rings. The quantitative estimate of drug-likeness (QED) is 0.0654. The number of hydrogen-bond acceptors (Lipinski definition) is 10. The average Bonchev–Trinajstić information content (AvgIpc) is 4.23. The van der Waals surface area contributed by atoms with Gasteiger partial charge in [-0.05, 0) is 115 Å². The summed E-state index contributed by atoms with van der Waals surface area (Å²) in [5.41, 5.74) is 18.6. The van der Waals surface area contributed by atoms with Crippen LogP contribution in [0.5, 0.6) is 0 Å². The Morgan fingerprint density at radius 2 is 1.37 bits per heavy atom. The molecule has 2 fully saturated rings. The topological polar surface area (TPSA) is 171 Å². The van der Waals surface area contributed by atoms with Crippen molar-refractivity contribution in [2.45, 2.75) is 65.3 Å². The van der Waals surface area contributed by atoms with Crippen LogP contribution < -0.4 is 20.4 Å². The molecule has 0 saturated carbocycles. The zero-order valence-electron chi connectivity index (χ0n) is 40.0. The molecule has 12 rings (SSSR count). The summed E-state index contributed by atoms with van der Waals surface area (Å²) in [4.78, 5) is 31.2. The molecule has 0 spiro atoms. The van der Waals surface area contributed by atoms with Crippen LogP contribution in [-0.4, -0.2) is 83.0 Å². The third-order valence-corrected chi connectivity index (χ3v) is 14.5. The molecular formula is C56H58N14. The van der Waals surface area contributed by atoms with E-state index in [1.165, 1.54) is 35.9 Å². The third-order valence-electron chi connectivity index (χ3n) is 14.5.